The van der Waals surface area contributed by atoms with Crippen LogP contribution in [0.15, 0.2) is 78.0 Å². The fraction of sp³-hybridized carbons (Fsp3) is 0.0909. The molecule has 1 N–H and O–H groups in total. The van der Waals surface area contributed by atoms with E-state index in [1.165, 1.54) is 36.0 Å². The highest BCUT2D eigenvalue weighted by atomic mass is 35.5. The molecule has 4 aromatic rings. The van der Waals surface area contributed by atoms with E-state index >= 15 is 0 Å². The van der Waals surface area contributed by atoms with E-state index in [9.17, 15) is 9.18 Å². The lowest BCUT2D eigenvalue weighted by Crippen LogP contribution is -2.14. The topological polar surface area (TPSA) is 46.9 Å². The molecule has 0 aliphatic heterocycles. The van der Waals surface area contributed by atoms with Crippen LogP contribution in [0.3, 0.4) is 0 Å². The van der Waals surface area contributed by atoms with E-state index < -0.39 is 0 Å². The number of halogens is 2. The molecule has 4 rings (SSSR count). The summed E-state index contributed by atoms with van der Waals surface area (Å²) in [7, 11) is 0. The lowest BCUT2D eigenvalue weighted by molar-refractivity contribution is -0.113. The predicted molar refractivity (Wildman–Crippen MR) is 116 cm³/mol. The number of nitrogens with one attached hydrogen (secondary N) is 1. The van der Waals surface area contributed by atoms with E-state index in [2.05, 4.69) is 14.9 Å². The molecule has 0 aliphatic carbocycles. The summed E-state index contributed by atoms with van der Waals surface area (Å²) in [6.45, 7) is 0.600. The molecule has 0 unspecified atom stereocenters. The summed E-state index contributed by atoms with van der Waals surface area (Å²) < 4.78 is 15.1. The molecule has 1 aromatic heterocycles. The minimum Gasteiger partial charge on any atom is -0.325 e. The second-order valence-corrected chi connectivity index (χ2v) is 7.82. The molecule has 0 spiro atoms. The number of benzene rings is 3. The number of hydrogen-bond donors (Lipinski definition) is 1. The summed E-state index contributed by atoms with van der Waals surface area (Å²) in [5.41, 5.74) is 3.48. The van der Waals surface area contributed by atoms with Gasteiger partial charge in [-0.25, -0.2) is 9.37 Å². The number of para-hydroxylation sites is 2. The number of carbonyl (C=O) groups is 1. The Morgan fingerprint density at radius 2 is 1.86 bits per heavy atom. The first-order valence-electron chi connectivity index (χ1n) is 8.96. The monoisotopic (exact) mass is 425 g/mol. The van der Waals surface area contributed by atoms with Crippen LogP contribution in [0.25, 0.3) is 11.0 Å². The van der Waals surface area contributed by atoms with Crippen molar-refractivity contribution in [3.05, 3.63) is 89.2 Å². The van der Waals surface area contributed by atoms with Crippen molar-refractivity contribution in [3.8, 4) is 0 Å². The quantitative estimate of drug-likeness (QED) is 0.408. The van der Waals surface area contributed by atoms with E-state index in [1.807, 2.05) is 48.5 Å². The van der Waals surface area contributed by atoms with Crippen LogP contribution in [0.5, 0.6) is 0 Å². The van der Waals surface area contributed by atoms with Gasteiger partial charge in [-0.1, -0.05) is 47.6 Å². The van der Waals surface area contributed by atoms with Gasteiger partial charge in [0.2, 0.25) is 5.91 Å². The highest BCUT2D eigenvalue weighted by Gasteiger charge is 2.14. The number of fused-ring (bicyclic) bond motifs is 1. The van der Waals surface area contributed by atoms with Gasteiger partial charge in [0.25, 0.3) is 0 Å². The molecule has 3 aromatic carbocycles. The molecule has 146 valence electrons. The van der Waals surface area contributed by atoms with E-state index in [0.717, 1.165) is 21.8 Å². The Balaban J connectivity index is 1.53. The molecule has 0 bridgehead atoms. The van der Waals surface area contributed by atoms with Crippen molar-refractivity contribution in [2.75, 3.05) is 11.1 Å². The van der Waals surface area contributed by atoms with Crippen LogP contribution in [0.2, 0.25) is 5.02 Å². The molecule has 0 atom stereocenters. The van der Waals surface area contributed by atoms with Gasteiger partial charge in [-0.15, -0.1) is 0 Å². The van der Waals surface area contributed by atoms with Crippen LogP contribution >= 0.6 is 23.4 Å². The maximum atomic E-state index is 13.0. The average Bonchev–Trinajstić information content (AvgIpc) is 3.06. The van der Waals surface area contributed by atoms with Crippen LogP contribution in [0.4, 0.5) is 10.1 Å². The lowest BCUT2D eigenvalue weighted by atomic mass is 10.2. The Morgan fingerprint density at radius 3 is 2.66 bits per heavy atom. The molecule has 0 radical (unpaired) electrons. The third-order valence-corrected chi connectivity index (χ3v) is 5.52. The number of carbonyl (C=O) groups excluding carboxylic acids is 1. The molecule has 0 saturated heterocycles. The lowest BCUT2D eigenvalue weighted by Gasteiger charge is -2.10. The SMILES string of the molecule is O=C(CSc1nc2ccccc2n1Cc1cccc(Cl)c1)Nc1ccc(F)cc1. The number of anilines is 1. The Hall–Kier alpha value is -2.83. The zero-order valence-corrected chi connectivity index (χ0v) is 16.9. The van der Waals surface area contributed by atoms with Crippen LogP contribution in [-0.2, 0) is 11.3 Å². The van der Waals surface area contributed by atoms with Crippen LogP contribution in [0, 0.1) is 5.82 Å². The smallest absolute Gasteiger partial charge is 0.234 e. The van der Waals surface area contributed by atoms with Crippen LogP contribution < -0.4 is 5.32 Å². The third kappa shape index (κ3) is 4.78. The summed E-state index contributed by atoms with van der Waals surface area (Å²) >= 11 is 7.49. The van der Waals surface area contributed by atoms with Gasteiger partial charge in [0, 0.05) is 10.7 Å². The van der Waals surface area contributed by atoms with E-state index in [4.69, 9.17) is 11.6 Å². The zero-order chi connectivity index (χ0) is 20.2. The van der Waals surface area contributed by atoms with Gasteiger partial charge in [-0.2, -0.15) is 0 Å². The van der Waals surface area contributed by atoms with Crippen molar-refractivity contribution in [1.29, 1.82) is 0 Å². The van der Waals surface area contributed by atoms with E-state index in [-0.39, 0.29) is 17.5 Å². The standard InChI is InChI=1S/C22H17ClFN3OS/c23-16-5-3-4-15(12-16)13-27-20-7-2-1-6-19(20)26-22(27)29-14-21(28)25-18-10-8-17(24)9-11-18/h1-12H,13-14H2,(H,25,28). The number of imidazole rings is 1. The van der Waals surface area contributed by atoms with Crippen molar-refractivity contribution < 1.29 is 9.18 Å². The summed E-state index contributed by atoms with van der Waals surface area (Å²) in [5.74, 6) is -0.328. The summed E-state index contributed by atoms with van der Waals surface area (Å²) in [6.07, 6.45) is 0. The molecule has 0 saturated carbocycles. The zero-order valence-electron chi connectivity index (χ0n) is 15.3. The van der Waals surface area contributed by atoms with Gasteiger partial charge in [0.15, 0.2) is 5.16 Å². The average molecular weight is 426 g/mol. The summed E-state index contributed by atoms with van der Waals surface area (Å²) in [4.78, 5) is 17.0. The maximum absolute atomic E-state index is 13.0. The maximum Gasteiger partial charge on any atom is 0.234 e. The Morgan fingerprint density at radius 1 is 1.07 bits per heavy atom. The van der Waals surface area contributed by atoms with Gasteiger partial charge >= 0.3 is 0 Å². The first-order valence-corrected chi connectivity index (χ1v) is 10.3. The highest BCUT2D eigenvalue weighted by molar-refractivity contribution is 7.99. The molecule has 7 heteroatoms. The van der Waals surface area contributed by atoms with Gasteiger partial charge in [-0.3, -0.25) is 4.79 Å². The minimum atomic E-state index is -0.341. The van der Waals surface area contributed by atoms with Crippen LogP contribution in [-0.4, -0.2) is 21.2 Å². The molecule has 4 nitrogen and oxygen atoms in total. The second-order valence-electron chi connectivity index (χ2n) is 6.44. The molecule has 29 heavy (non-hydrogen) atoms. The Bertz CT molecular complexity index is 1160. The second kappa shape index (κ2) is 8.68. The fourth-order valence-corrected chi connectivity index (χ4v) is 4.02. The summed E-state index contributed by atoms with van der Waals surface area (Å²) in [6, 6.07) is 21.2. The number of amides is 1. The largest absolute Gasteiger partial charge is 0.325 e. The van der Waals surface area contributed by atoms with Crippen molar-refractivity contribution in [2.24, 2.45) is 0 Å². The van der Waals surface area contributed by atoms with Crippen molar-refractivity contribution in [3.63, 3.8) is 0 Å². The summed E-state index contributed by atoms with van der Waals surface area (Å²) in [5, 5.41) is 4.20. The van der Waals surface area contributed by atoms with Gasteiger partial charge < -0.3 is 9.88 Å². The number of thioether (sulfide) groups is 1. The van der Waals surface area contributed by atoms with Gasteiger partial charge in [0.05, 0.1) is 23.3 Å². The Labute approximate surface area is 176 Å². The molecule has 0 fully saturated rings. The van der Waals surface area contributed by atoms with Gasteiger partial charge in [0.1, 0.15) is 5.82 Å². The predicted octanol–water partition coefficient (Wildman–Crippen LogP) is 5.61. The van der Waals surface area contributed by atoms with E-state index in [0.29, 0.717) is 17.3 Å². The minimum absolute atomic E-state index is 0.178. The van der Waals surface area contributed by atoms with E-state index in [1.54, 1.807) is 0 Å². The first-order chi connectivity index (χ1) is 14.1. The number of nitrogens with zero attached hydrogens (tertiary/aromatic N) is 2. The number of hydrogen-bond acceptors (Lipinski definition) is 3. The number of rotatable bonds is 6. The Kier molecular flexibility index (Phi) is 5.83. The third-order valence-electron chi connectivity index (χ3n) is 4.31. The molecular weight excluding hydrogens is 409 g/mol. The molecule has 1 amide bonds. The fourth-order valence-electron chi connectivity index (χ4n) is 2.99. The van der Waals surface area contributed by atoms with Crippen molar-refractivity contribution >= 4 is 46.0 Å². The molecule has 0 aliphatic rings. The molecular formula is C22H17ClFN3OS. The normalized spacial score (nSPS) is 11.0. The molecule has 1 heterocycles. The highest BCUT2D eigenvalue weighted by Crippen LogP contribution is 2.26. The van der Waals surface area contributed by atoms with Crippen LogP contribution in [0.1, 0.15) is 5.56 Å². The van der Waals surface area contributed by atoms with Crippen molar-refractivity contribution in [2.45, 2.75) is 11.7 Å². The first kappa shape index (κ1) is 19.5. The van der Waals surface area contributed by atoms with Crippen molar-refractivity contribution in [1.82, 2.24) is 9.55 Å². The van der Waals surface area contributed by atoms with Gasteiger partial charge in [-0.05, 0) is 54.1 Å². The number of aromatic nitrogens is 2.